The van der Waals surface area contributed by atoms with Crippen molar-refractivity contribution in [1.82, 2.24) is 9.80 Å². The summed E-state index contributed by atoms with van der Waals surface area (Å²) in [7, 11) is 2.28. The van der Waals surface area contributed by atoms with E-state index in [-0.39, 0.29) is 0 Å². The van der Waals surface area contributed by atoms with Crippen LogP contribution in [0.4, 0.5) is 0 Å². The van der Waals surface area contributed by atoms with Gasteiger partial charge in [0.2, 0.25) is 0 Å². The minimum absolute atomic E-state index is 0.548. The van der Waals surface area contributed by atoms with Crippen molar-refractivity contribution in [2.24, 2.45) is 0 Å². The summed E-state index contributed by atoms with van der Waals surface area (Å²) in [5, 5.41) is 0.975. The zero-order valence-corrected chi connectivity index (χ0v) is 15.6. The molecule has 0 aromatic heterocycles. The number of halogens is 1. The lowest BCUT2D eigenvalue weighted by atomic mass is 9.88. The van der Waals surface area contributed by atoms with Gasteiger partial charge in [-0.05, 0) is 74.8 Å². The smallest absolute Gasteiger partial charge is 0.0443 e. The Bertz CT molecular complexity index is 516. The second kappa shape index (κ2) is 7.55. The lowest BCUT2D eigenvalue weighted by Crippen LogP contribution is -2.38. The maximum absolute atomic E-state index is 6.57. The van der Waals surface area contributed by atoms with Crippen LogP contribution in [0.15, 0.2) is 18.2 Å². The summed E-state index contributed by atoms with van der Waals surface area (Å²) >= 11 is 6.57. The molecule has 0 spiro atoms. The summed E-state index contributed by atoms with van der Waals surface area (Å²) in [6.45, 7) is 9.32. The number of benzene rings is 1. The fourth-order valence-electron chi connectivity index (χ4n) is 3.70. The van der Waals surface area contributed by atoms with Gasteiger partial charge in [0.05, 0.1) is 0 Å². The largest absolute Gasteiger partial charge is 0.302 e. The van der Waals surface area contributed by atoms with Gasteiger partial charge in [0.1, 0.15) is 0 Å². The lowest BCUT2D eigenvalue weighted by Gasteiger charge is -2.33. The van der Waals surface area contributed by atoms with E-state index in [4.69, 9.17) is 11.6 Å². The van der Waals surface area contributed by atoms with Gasteiger partial charge in [-0.25, -0.2) is 0 Å². The molecule has 1 aromatic rings. The molecule has 0 N–H and O–H groups in total. The average Bonchev–Trinajstić information content (AvgIpc) is 3.38. The summed E-state index contributed by atoms with van der Waals surface area (Å²) in [5.74, 6) is 1.19. The Kier molecular flexibility index (Phi) is 5.66. The van der Waals surface area contributed by atoms with E-state index in [0.717, 1.165) is 11.1 Å². The minimum Gasteiger partial charge on any atom is -0.302 e. The third-order valence-electron chi connectivity index (χ3n) is 5.66. The molecular formula is C20H31ClN2. The Morgan fingerprint density at radius 2 is 1.87 bits per heavy atom. The quantitative estimate of drug-likeness (QED) is 0.741. The van der Waals surface area contributed by atoms with Crippen LogP contribution < -0.4 is 0 Å². The fourth-order valence-corrected chi connectivity index (χ4v) is 4.04. The van der Waals surface area contributed by atoms with E-state index in [9.17, 15) is 0 Å². The zero-order chi connectivity index (χ0) is 16.4. The molecule has 1 aromatic carbocycles. The van der Waals surface area contributed by atoms with E-state index < -0.39 is 0 Å². The Hall–Kier alpha value is -0.570. The van der Waals surface area contributed by atoms with Crippen LogP contribution in [0.1, 0.15) is 62.5 Å². The number of likely N-dealkylation sites (N-methyl/N-ethyl adjacent to an activating group) is 1. The molecule has 0 bridgehead atoms. The Morgan fingerprint density at radius 1 is 1.17 bits per heavy atom. The van der Waals surface area contributed by atoms with Crippen LogP contribution in [0.25, 0.3) is 0 Å². The standard InChI is InChI=1S/C20H31ClN2/c1-15(2)17-4-7-19(20(21)14-17)16-8-10-23(11-9-16)13-12-22(3)18-5-6-18/h4,7,14-16,18H,5-6,8-13H2,1-3H3. The van der Waals surface area contributed by atoms with Crippen molar-refractivity contribution >= 4 is 11.6 Å². The van der Waals surface area contributed by atoms with Gasteiger partial charge in [0.15, 0.2) is 0 Å². The number of rotatable bonds is 6. The van der Waals surface area contributed by atoms with Crippen LogP contribution in [-0.2, 0) is 0 Å². The lowest BCUT2D eigenvalue weighted by molar-refractivity contribution is 0.182. The van der Waals surface area contributed by atoms with Crippen molar-refractivity contribution in [2.45, 2.75) is 57.4 Å². The average molecular weight is 335 g/mol. The molecule has 23 heavy (non-hydrogen) atoms. The number of likely N-dealkylation sites (tertiary alicyclic amines) is 1. The summed E-state index contributed by atoms with van der Waals surface area (Å²) < 4.78 is 0. The highest BCUT2D eigenvalue weighted by molar-refractivity contribution is 6.31. The third-order valence-corrected chi connectivity index (χ3v) is 5.99. The van der Waals surface area contributed by atoms with Crippen LogP contribution in [0, 0.1) is 0 Å². The molecule has 1 aliphatic heterocycles. The van der Waals surface area contributed by atoms with Gasteiger partial charge < -0.3 is 9.80 Å². The molecule has 2 nitrogen and oxygen atoms in total. The molecule has 128 valence electrons. The Balaban J connectivity index is 1.50. The molecule has 0 atom stereocenters. The summed E-state index contributed by atoms with van der Waals surface area (Å²) in [4.78, 5) is 5.17. The highest BCUT2D eigenvalue weighted by atomic mass is 35.5. The Labute approximate surface area is 146 Å². The molecule has 0 amide bonds. The first-order valence-corrected chi connectivity index (χ1v) is 9.64. The van der Waals surface area contributed by atoms with Crippen molar-refractivity contribution in [3.05, 3.63) is 34.3 Å². The van der Waals surface area contributed by atoms with E-state index in [1.54, 1.807) is 0 Å². The second-order valence-electron chi connectivity index (χ2n) is 7.76. The second-order valence-corrected chi connectivity index (χ2v) is 8.17. The molecule has 2 aliphatic rings. The predicted molar refractivity (Wildman–Crippen MR) is 99.6 cm³/mol. The van der Waals surface area contributed by atoms with E-state index >= 15 is 0 Å². The summed E-state index contributed by atoms with van der Waals surface area (Å²) in [6.07, 6.45) is 5.30. The van der Waals surface area contributed by atoms with Crippen LogP contribution in [-0.4, -0.2) is 49.1 Å². The topological polar surface area (TPSA) is 6.48 Å². The van der Waals surface area contributed by atoms with Crippen molar-refractivity contribution < 1.29 is 0 Å². The molecule has 1 saturated heterocycles. The molecule has 1 aliphatic carbocycles. The Morgan fingerprint density at radius 3 is 2.43 bits per heavy atom. The van der Waals surface area contributed by atoms with Crippen molar-refractivity contribution in [3.8, 4) is 0 Å². The van der Waals surface area contributed by atoms with E-state index in [2.05, 4.69) is 48.9 Å². The molecule has 1 heterocycles. The number of hydrogen-bond acceptors (Lipinski definition) is 2. The molecular weight excluding hydrogens is 304 g/mol. The zero-order valence-electron chi connectivity index (χ0n) is 14.9. The molecule has 0 radical (unpaired) electrons. The van der Waals surface area contributed by atoms with E-state index in [0.29, 0.717) is 11.8 Å². The highest BCUT2D eigenvalue weighted by Gasteiger charge is 2.27. The van der Waals surface area contributed by atoms with Gasteiger partial charge >= 0.3 is 0 Å². The van der Waals surface area contributed by atoms with Crippen LogP contribution >= 0.6 is 11.6 Å². The van der Waals surface area contributed by atoms with Crippen molar-refractivity contribution in [3.63, 3.8) is 0 Å². The molecule has 2 fully saturated rings. The first kappa shape index (κ1) is 17.3. The van der Waals surface area contributed by atoms with Crippen molar-refractivity contribution in [1.29, 1.82) is 0 Å². The summed E-state index contributed by atoms with van der Waals surface area (Å²) in [5.41, 5.74) is 2.71. The molecule has 1 saturated carbocycles. The monoisotopic (exact) mass is 334 g/mol. The van der Waals surface area contributed by atoms with E-state index in [1.807, 2.05) is 0 Å². The van der Waals surface area contributed by atoms with Gasteiger partial charge in [-0.1, -0.05) is 37.6 Å². The first-order chi connectivity index (χ1) is 11.0. The highest BCUT2D eigenvalue weighted by Crippen LogP contribution is 2.34. The maximum Gasteiger partial charge on any atom is 0.0443 e. The first-order valence-electron chi connectivity index (χ1n) is 9.26. The minimum atomic E-state index is 0.548. The predicted octanol–water partition coefficient (Wildman–Crippen LogP) is 4.74. The van der Waals surface area contributed by atoms with Gasteiger partial charge in [0, 0.05) is 24.2 Å². The number of hydrogen-bond donors (Lipinski definition) is 0. The normalized spacial score (nSPS) is 20.6. The van der Waals surface area contributed by atoms with Gasteiger partial charge in [-0.3, -0.25) is 0 Å². The van der Waals surface area contributed by atoms with Gasteiger partial charge in [-0.2, -0.15) is 0 Å². The van der Waals surface area contributed by atoms with Gasteiger partial charge in [-0.15, -0.1) is 0 Å². The summed E-state index contributed by atoms with van der Waals surface area (Å²) in [6, 6.07) is 7.60. The molecule has 3 rings (SSSR count). The van der Waals surface area contributed by atoms with Crippen LogP contribution in [0.5, 0.6) is 0 Å². The maximum atomic E-state index is 6.57. The molecule has 0 unspecified atom stereocenters. The SMILES string of the molecule is CC(C)c1ccc(C2CCN(CCN(C)C3CC3)CC2)c(Cl)c1. The van der Waals surface area contributed by atoms with E-state index in [1.165, 1.54) is 63.0 Å². The fraction of sp³-hybridized carbons (Fsp3) is 0.700. The van der Waals surface area contributed by atoms with Crippen LogP contribution in [0.3, 0.4) is 0 Å². The number of piperidine rings is 1. The van der Waals surface area contributed by atoms with Crippen molar-refractivity contribution in [2.75, 3.05) is 33.2 Å². The molecule has 3 heteroatoms. The third kappa shape index (κ3) is 4.49. The number of nitrogens with zero attached hydrogens (tertiary/aromatic N) is 2. The van der Waals surface area contributed by atoms with Crippen LogP contribution in [0.2, 0.25) is 5.02 Å². The van der Waals surface area contributed by atoms with Gasteiger partial charge in [0.25, 0.3) is 0 Å².